The van der Waals surface area contributed by atoms with Crippen molar-refractivity contribution in [1.82, 2.24) is 15.0 Å². The highest BCUT2D eigenvalue weighted by Gasteiger charge is 2.24. The van der Waals surface area contributed by atoms with Gasteiger partial charge in [-0.15, -0.1) is 0 Å². The molecule has 0 unspecified atom stereocenters. The fourth-order valence-corrected chi connectivity index (χ4v) is 3.34. The van der Waals surface area contributed by atoms with E-state index in [0.717, 1.165) is 33.8 Å². The van der Waals surface area contributed by atoms with Crippen LogP contribution in [0.1, 0.15) is 30.2 Å². The standard InChI is InChI=1S/C23H24N6O2/c1-14(30)12-27-23-25-9-8-18(29-23)17-11-19(15-6-4-3-5-7-15)28-21(17)16-10-20(31-2)22(24)26-13-16/h3-10,13-14,30H,11-12H2,1-2H3,(H2,24,26)(H,25,27,29)/t14-/m1/s1. The van der Waals surface area contributed by atoms with Crippen molar-refractivity contribution in [2.75, 3.05) is 24.7 Å². The third-order valence-electron chi connectivity index (χ3n) is 4.88. The number of anilines is 2. The molecule has 0 amide bonds. The molecule has 4 N–H and O–H groups in total. The van der Waals surface area contributed by atoms with Gasteiger partial charge >= 0.3 is 0 Å². The molecular formula is C23H24N6O2. The summed E-state index contributed by atoms with van der Waals surface area (Å²) in [5, 5.41) is 12.6. The van der Waals surface area contributed by atoms with Crippen LogP contribution >= 0.6 is 0 Å². The normalized spacial score (nSPS) is 14.4. The second kappa shape index (κ2) is 8.93. The minimum absolute atomic E-state index is 0.324. The monoisotopic (exact) mass is 416 g/mol. The van der Waals surface area contributed by atoms with Gasteiger partial charge in [-0.3, -0.25) is 4.99 Å². The molecule has 0 spiro atoms. The molecule has 0 saturated heterocycles. The number of hydrogen-bond acceptors (Lipinski definition) is 8. The average molecular weight is 416 g/mol. The summed E-state index contributed by atoms with van der Waals surface area (Å²) in [4.78, 5) is 18.1. The summed E-state index contributed by atoms with van der Waals surface area (Å²) < 4.78 is 5.35. The second-order valence-electron chi connectivity index (χ2n) is 7.24. The van der Waals surface area contributed by atoms with E-state index in [1.54, 1.807) is 26.4 Å². The van der Waals surface area contributed by atoms with E-state index in [0.29, 0.717) is 30.5 Å². The van der Waals surface area contributed by atoms with E-state index in [4.69, 9.17) is 15.5 Å². The third kappa shape index (κ3) is 4.54. The topological polar surface area (TPSA) is 119 Å². The fourth-order valence-electron chi connectivity index (χ4n) is 3.34. The summed E-state index contributed by atoms with van der Waals surface area (Å²) >= 11 is 0. The quantitative estimate of drug-likeness (QED) is 0.542. The molecule has 1 atom stereocenters. The van der Waals surface area contributed by atoms with Crippen LogP contribution in [0.25, 0.3) is 11.3 Å². The fraction of sp³-hybridized carbons (Fsp3) is 0.217. The Morgan fingerprint density at radius 3 is 2.71 bits per heavy atom. The van der Waals surface area contributed by atoms with E-state index in [1.807, 2.05) is 42.5 Å². The highest BCUT2D eigenvalue weighted by molar-refractivity contribution is 6.16. The van der Waals surface area contributed by atoms with Crippen molar-refractivity contribution in [2.45, 2.75) is 19.4 Å². The lowest BCUT2D eigenvalue weighted by Gasteiger charge is -2.11. The van der Waals surface area contributed by atoms with Crippen LogP contribution in [0.3, 0.4) is 0 Å². The van der Waals surface area contributed by atoms with Gasteiger partial charge < -0.3 is 20.9 Å². The first-order chi connectivity index (χ1) is 15.0. The number of pyridine rings is 1. The highest BCUT2D eigenvalue weighted by Crippen LogP contribution is 2.37. The molecule has 1 aliphatic rings. The number of aromatic nitrogens is 3. The number of nitrogen functional groups attached to an aromatic ring is 1. The van der Waals surface area contributed by atoms with Crippen molar-refractivity contribution in [3.05, 3.63) is 71.7 Å². The SMILES string of the molecule is COc1cc(C2=C(c3ccnc(NC[C@@H](C)O)n3)CC(c3ccccc3)=N2)cnc1N. The van der Waals surface area contributed by atoms with E-state index in [1.165, 1.54) is 0 Å². The van der Waals surface area contributed by atoms with E-state index >= 15 is 0 Å². The Labute approximate surface area is 180 Å². The van der Waals surface area contributed by atoms with Crippen molar-refractivity contribution >= 4 is 28.7 Å². The first-order valence-corrected chi connectivity index (χ1v) is 9.96. The lowest BCUT2D eigenvalue weighted by atomic mass is 10.00. The van der Waals surface area contributed by atoms with E-state index < -0.39 is 6.10 Å². The maximum Gasteiger partial charge on any atom is 0.223 e. The Bertz CT molecular complexity index is 1140. The van der Waals surface area contributed by atoms with Crippen molar-refractivity contribution in [2.24, 2.45) is 4.99 Å². The smallest absolute Gasteiger partial charge is 0.223 e. The van der Waals surface area contributed by atoms with Crippen LogP contribution in [0.5, 0.6) is 5.75 Å². The van der Waals surface area contributed by atoms with Crippen molar-refractivity contribution in [3.8, 4) is 5.75 Å². The number of rotatable bonds is 7. The third-order valence-corrected chi connectivity index (χ3v) is 4.88. The zero-order chi connectivity index (χ0) is 21.8. The number of hydrogen-bond donors (Lipinski definition) is 3. The van der Waals surface area contributed by atoms with Gasteiger partial charge in [0.2, 0.25) is 5.95 Å². The molecule has 2 aromatic heterocycles. The molecule has 0 fully saturated rings. The molecular weight excluding hydrogens is 392 g/mol. The Morgan fingerprint density at radius 1 is 1.16 bits per heavy atom. The maximum atomic E-state index is 9.54. The zero-order valence-electron chi connectivity index (χ0n) is 17.4. The van der Waals surface area contributed by atoms with Gasteiger partial charge in [0.1, 0.15) is 0 Å². The van der Waals surface area contributed by atoms with Gasteiger partial charge in [0, 0.05) is 36.5 Å². The molecule has 0 aliphatic carbocycles. The van der Waals surface area contributed by atoms with Crippen LogP contribution in [-0.2, 0) is 0 Å². The van der Waals surface area contributed by atoms with E-state index in [2.05, 4.69) is 20.3 Å². The van der Waals surface area contributed by atoms with Gasteiger partial charge in [0.15, 0.2) is 11.6 Å². The van der Waals surface area contributed by atoms with Gasteiger partial charge in [-0.25, -0.2) is 15.0 Å². The van der Waals surface area contributed by atoms with Crippen LogP contribution < -0.4 is 15.8 Å². The van der Waals surface area contributed by atoms with Crippen LogP contribution in [0.4, 0.5) is 11.8 Å². The Morgan fingerprint density at radius 2 is 1.97 bits per heavy atom. The molecule has 31 heavy (non-hydrogen) atoms. The first-order valence-electron chi connectivity index (χ1n) is 9.96. The molecule has 8 nitrogen and oxygen atoms in total. The number of benzene rings is 1. The highest BCUT2D eigenvalue weighted by atomic mass is 16.5. The molecule has 0 saturated carbocycles. The predicted octanol–water partition coefficient (Wildman–Crippen LogP) is 3.02. The lowest BCUT2D eigenvalue weighted by molar-refractivity contribution is 0.208. The maximum absolute atomic E-state index is 9.54. The Hall–Kier alpha value is -3.78. The number of nitrogens with two attached hydrogens (primary N) is 1. The molecule has 0 bridgehead atoms. The molecule has 158 valence electrons. The van der Waals surface area contributed by atoms with Gasteiger partial charge in [-0.05, 0) is 24.6 Å². The van der Waals surface area contributed by atoms with E-state index in [9.17, 15) is 5.11 Å². The number of ether oxygens (including phenoxy) is 1. The van der Waals surface area contributed by atoms with Crippen molar-refractivity contribution < 1.29 is 9.84 Å². The van der Waals surface area contributed by atoms with Gasteiger partial charge in [0.05, 0.1) is 30.3 Å². The van der Waals surface area contributed by atoms with Crippen LogP contribution in [-0.4, -0.2) is 45.5 Å². The summed E-state index contributed by atoms with van der Waals surface area (Å²) in [6, 6.07) is 13.7. The molecule has 3 heterocycles. The number of aliphatic hydroxyl groups excluding tert-OH is 1. The number of aliphatic imine (C=N–C) groups is 1. The number of nitrogens with zero attached hydrogens (tertiary/aromatic N) is 4. The number of nitrogens with one attached hydrogen (secondary N) is 1. The number of aliphatic hydroxyl groups is 1. The summed E-state index contributed by atoms with van der Waals surface area (Å²) in [5.41, 5.74) is 11.2. The van der Waals surface area contributed by atoms with Crippen LogP contribution in [0.15, 0.2) is 59.9 Å². The van der Waals surface area contributed by atoms with Crippen molar-refractivity contribution in [3.63, 3.8) is 0 Å². The number of allylic oxidation sites excluding steroid dienone is 1. The summed E-state index contributed by atoms with van der Waals surface area (Å²) in [6.45, 7) is 2.07. The average Bonchev–Trinajstić information content (AvgIpc) is 3.24. The predicted molar refractivity (Wildman–Crippen MR) is 122 cm³/mol. The molecule has 1 aliphatic heterocycles. The molecule has 1 aromatic carbocycles. The van der Waals surface area contributed by atoms with Crippen LogP contribution in [0.2, 0.25) is 0 Å². The van der Waals surface area contributed by atoms with Crippen LogP contribution in [0, 0.1) is 0 Å². The minimum Gasteiger partial charge on any atom is -0.493 e. The molecule has 8 heteroatoms. The van der Waals surface area contributed by atoms with Gasteiger partial charge in [0.25, 0.3) is 0 Å². The Kier molecular flexibility index (Phi) is 5.90. The summed E-state index contributed by atoms with van der Waals surface area (Å²) in [6.07, 6.45) is 3.49. The second-order valence-corrected chi connectivity index (χ2v) is 7.24. The van der Waals surface area contributed by atoms with Gasteiger partial charge in [-0.2, -0.15) is 0 Å². The molecule has 0 radical (unpaired) electrons. The first kappa shape index (κ1) is 20.5. The summed E-state index contributed by atoms with van der Waals surface area (Å²) in [5.74, 6) is 1.27. The zero-order valence-corrected chi connectivity index (χ0v) is 17.4. The lowest BCUT2D eigenvalue weighted by Crippen LogP contribution is -2.17. The summed E-state index contributed by atoms with van der Waals surface area (Å²) in [7, 11) is 1.56. The largest absolute Gasteiger partial charge is 0.493 e. The van der Waals surface area contributed by atoms with E-state index in [-0.39, 0.29) is 0 Å². The molecule has 3 aromatic rings. The minimum atomic E-state index is -0.505. The number of methoxy groups -OCH3 is 1. The van der Waals surface area contributed by atoms with Gasteiger partial charge in [-0.1, -0.05) is 30.3 Å². The van der Waals surface area contributed by atoms with Crippen molar-refractivity contribution in [1.29, 1.82) is 0 Å². The Balaban J connectivity index is 1.78. The molecule has 4 rings (SSSR count).